The first-order valence-electron chi connectivity index (χ1n) is 4.45. The molecule has 0 aliphatic rings. The van der Waals surface area contributed by atoms with Gasteiger partial charge in [-0.05, 0) is 31.3 Å². The van der Waals surface area contributed by atoms with Crippen molar-refractivity contribution in [3.8, 4) is 17.5 Å². The number of hydrogen-bond acceptors (Lipinski definition) is 4. The van der Waals surface area contributed by atoms with Crippen LogP contribution in [0.5, 0.6) is 0 Å². The van der Waals surface area contributed by atoms with Gasteiger partial charge in [0, 0.05) is 0 Å². The number of rotatable bonds is 1. The molecule has 0 unspecified atom stereocenters. The van der Waals surface area contributed by atoms with Gasteiger partial charge in [-0.3, -0.25) is 9.78 Å². The third-order valence-corrected chi connectivity index (χ3v) is 2.25. The zero-order chi connectivity index (χ0) is 11.7. The Labute approximate surface area is 95.4 Å². The van der Waals surface area contributed by atoms with Gasteiger partial charge >= 0.3 is 0 Å². The van der Waals surface area contributed by atoms with Gasteiger partial charge in [0.25, 0.3) is 5.56 Å². The van der Waals surface area contributed by atoms with Crippen molar-refractivity contribution in [3.63, 3.8) is 0 Å². The number of nitrogens with one attached hydrogen (secondary N) is 2. The Morgan fingerprint density at radius 3 is 2.75 bits per heavy atom. The van der Waals surface area contributed by atoms with Gasteiger partial charge in [0.2, 0.25) is 0 Å². The minimum Gasteiger partial charge on any atom is -0.460 e. The lowest BCUT2D eigenvalue weighted by Crippen LogP contribution is -2.13. The molecule has 6 heteroatoms. The van der Waals surface area contributed by atoms with Gasteiger partial charge in [-0.15, -0.1) is 0 Å². The number of nitriles is 1. The van der Waals surface area contributed by atoms with Crippen molar-refractivity contribution in [1.82, 2.24) is 9.97 Å². The summed E-state index contributed by atoms with van der Waals surface area (Å²) in [5.74, 6) is 1.12. The van der Waals surface area contributed by atoms with Crippen molar-refractivity contribution in [2.24, 2.45) is 0 Å². The zero-order valence-corrected chi connectivity index (χ0v) is 9.14. The van der Waals surface area contributed by atoms with Gasteiger partial charge in [-0.25, -0.2) is 0 Å². The highest BCUT2D eigenvalue weighted by molar-refractivity contribution is 7.71. The van der Waals surface area contributed by atoms with E-state index in [2.05, 4.69) is 9.97 Å². The summed E-state index contributed by atoms with van der Waals surface area (Å²) >= 11 is 4.84. The average Bonchev–Trinajstić information content (AvgIpc) is 2.63. The second kappa shape index (κ2) is 3.79. The number of aromatic nitrogens is 2. The molecule has 0 atom stereocenters. The highest BCUT2D eigenvalue weighted by Gasteiger charge is 2.12. The van der Waals surface area contributed by atoms with Crippen LogP contribution in [-0.4, -0.2) is 9.97 Å². The Morgan fingerprint density at radius 2 is 2.19 bits per heavy atom. The number of aryl methyl sites for hydroxylation is 1. The molecule has 2 rings (SSSR count). The molecule has 5 nitrogen and oxygen atoms in total. The number of furan rings is 1. The van der Waals surface area contributed by atoms with Crippen molar-refractivity contribution in [3.05, 3.63) is 38.6 Å². The maximum Gasteiger partial charge on any atom is 0.270 e. The fraction of sp³-hybridized carbons (Fsp3) is 0.100. The lowest BCUT2D eigenvalue weighted by molar-refractivity contribution is 0.546. The Hall–Kier alpha value is -2.13. The van der Waals surface area contributed by atoms with E-state index in [1.807, 2.05) is 6.07 Å². The van der Waals surface area contributed by atoms with E-state index in [1.165, 1.54) is 0 Å². The topological polar surface area (TPSA) is 85.6 Å². The second-order valence-corrected chi connectivity index (χ2v) is 3.59. The molecule has 0 amide bonds. The summed E-state index contributed by atoms with van der Waals surface area (Å²) in [5.41, 5.74) is -0.248. The van der Waals surface area contributed by atoms with Crippen LogP contribution < -0.4 is 5.56 Å². The van der Waals surface area contributed by atoms with Gasteiger partial charge in [-0.2, -0.15) is 5.26 Å². The molecule has 80 valence electrons. The van der Waals surface area contributed by atoms with Crippen LogP contribution in [0.25, 0.3) is 11.5 Å². The largest absolute Gasteiger partial charge is 0.460 e. The highest BCUT2D eigenvalue weighted by atomic mass is 32.1. The van der Waals surface area contributed by atoms with Crippen molar-refractivity contribution < 1.29 is 4.42 Å². The molecular formula is C10H7N3O2S. The highest BCUT2D eigenvalue weighted by Crippen LogP contribution is 2.20. The smallest absolute Gasteiger partial charge is 0.270 e. The Balaban J connectivity index is 2.79. The molecule has 0 radical (unpaired) electrons. The van der Waals surface area contributed by atoms with E-state index in [0.29, 0.717) is 17.2 Å². The molecule has 2 aromatic rings. The lowest BCUT2D eigenvalue weighted by atomic mass is 10.2. The minimum atomic E-state index is -0.518. The van der Waals surface area contributed by atoms with Gasteiger partial charge in [0.05, 0.1) is 0 Å². The van der Waals surface area contributed by atoms with Crippen LogP contribution in [0.1, 0.15) is 11.3 Å². The van der Waals surface area contributed by atoms with Crippen LogP contribution in [0.4, 0.5) is 0 Å². The molecule has 0 saturated heterocycles. The molecule has 16 heavy (non-hydrogen) atoms. The fourth-order valence-corrected chi connectivity index (χ4v) is 1.54. The normalized spacial score (nSPS) is 10.0. The third kappa shape index (κ3) is 1.68. The van der Waals surface area contributed by atoms with Crippen LogP contribution in [0, 0.1) is 23.0 Å². The molecular weight excluding hydrogens is 226 g/mol. The van der Waals surface area contributed by atoms with E-state index in [-0.39, 0.29) is 10.3 Å². The van der Waals surface area contributed by atoms with E-state index < -0.39 is 5.56 Å². The molecule has 0 bridgehead atoms. The molecule has 0 aromatic carbocycles. The SMILES string of the molecule is Cc1ccc(-c2[nH]c(=S)[nH]c(=O)c2C#N)o1. The molecule has 0 saturated carbocycles. The van der Waals surface area contributed by atoms with Gasteiger partial charge in [-0.1, -0.05) is 0 Å². The molecule has 0 aliphatic carbocycles. The van der Waals surface area contributed by atoms with E-state index in [9.17, 15) is 4.79 Å². The average molecular weight is 233 g/mol. The van der Waals surface area contributed by atoms with Crippen LogP contribution in [-0.2, 0) is 0 Å². The standard InChI is InChI=1S/C10H7N3O2S/c1-5-2-3-7(15-5)8-6(4-11)9(14)13-10(16)12-8/h2-3H,1H3,(H2,12,13,14,16). The Morgan fingerprint density at radius 1 is 1.44 bits per heavy atom. The zero-order valence-electron chi connectivity index (χ0n) is 8.33. The molecule has 2 aromatic heterocycles. The van der Waals surface area contributed by atoms with Gasteiger partial charge in [0.1, 0.15) is 23.1 Å². The van der Waals surface area contributed by atoms with E-state index >= 15 is 0 Å². The first-order valence-corrected chi connectivity index (χ1v) is 4.86. The van der Waals surface area contributed by atoms with Crippen LogP contribution in [0.2, 0.25) is 0 Å². The number of aromatic amines is 2. The lowest BCUT2D eigenvalue weighted by Gasteiger charge is -1.99. The minimum absolute atomic E-state index is 0.0389. The summed E-state index contributed by atoms with van der Waals surface area (Å²) in [6.07, 6.45) is 0. The molecule has 2 heterocycles. The first-order chi connectivity index (χ1) is 7.61. The van der Waals surface area contributed by atoms with Crippen molar-refractivity contribution >= 4 is 12.2 Å². The first kappa shape index (κ1) is 10.4. The van der Waals surface area contributed by atoms with Crippen LogP contribution in [0.15, 0.2) is 21.3 Å². The molecule has 0 aliphatic heterocycles. The monoisotopic (exact) mass is 233 g/mol. The second-order valence-electron chi connectivity index (χ2n) is 3.18. The summed E-state index contributed by atoms with van der Waals surface area (Å²) in [5, 5.41) is 8.89. The number of H-pyrrole nitrogens is 2. The van der Waals surface area contributed by atoms with Crippen molar-refractivity contribution in [2.75, 3.05) is 0 Å². The summed E-state index contributed by atoms with van der Waals surface area (Å²) in [4.78, 5) is 16.6. The quantitative estimate of drug-likeness (QED) is 0.736. The third-order valence-electron chi connectivity index (χ3n) is 2.04. The van der Waals surface area contributed by atoms with Crippen molar-refractivity contribution in [1.29, 1.82) is 5.26 Å². The van der Waals surface area contributed by atoms with E-state index in [4.69, 9.17) is 21.9 Å². The van der Waals surface area contributed by atoms with Gasteiger partial charge < -0.3 is 9.40 Å². The van der Waals surface area contributed by atoms with Crippen molar-refractivity contribution in [2.45, 2.75) is 6.92 Å². The predicted molar refractivity (Wildman–Crippen MR) is 59.4 cm³/mol. The van der Waals surface area contributed by atoms with Crippen LogP contribution in [0.3, 0.4) is 0 Å². The molecule has 0 spiro atoms. The molecule has 0 fully saturated rings. The van der Waals surface area contributed by atoms with Crippen LogP contribution >= 0.6 is 12.2 Å². The van der Waals surface area contributed by atoms with E-state index in [1.54, 1.807) is 19.1 Å². The predicted octanol–water partition coefficient (Wildman–Crippen LogP) is 1.87. The summed E-state index contributed by atoms with van der Waals surface area (Å²) in [7, 11) is 0. The summed E-state index contributed by atoms with van der Waals surface area (Å²) in [6.45, 7) is 1.78. The molecule has 2 N–H and O–H groups in total. The Kier molecular flexibility index (Phi) is 2.46. The summed E-state index contributed by atoms with van der Waals surface area (Å²) in [6, 6.07) is 5.24. The maximum atomic E-state index is 11.5. The fourth-order valence-electron chi connectivity index (χ4n) is 1.35. The summed E-state index contributed by atoms with van der Waals surface area (Å²) < 4.78 is 5.50. The van der Waals surface area contributed by atoms with Gasteiger partial charge in [0.15, 0.2) is 10.5 Å². The van der Waals surface area contributed by atoms with E-state index in [0.717, 1.165) is 0 Å². The number of nitrogens with zero attached hydrogens (tertiary/aromatic N) is 1. The maximum absolute atomic E-state index is 11.5. The Bertz CT molecular complexity index is 687. The number of hydrogen-bond donors (Lipinski definition) is 2.